The van der Waals surface area contributed by atoms with Gasteiger partial charge in [-0.2, -0.15) is 5.10 Å². The smallest absolute Gasteiger partial charge is 0.142 e. The van der Waals surface area contributed by atoms with Crippen LogP contribution < -0.4 is 0 Å². The maximum atomic E-state index is 5.59. The monoisotopic (exact) mass is 159 g/mol. The second-order valence-electron chi connectivity index (χ2n) is 2.35. The Kier molecular flexibility index (Phi) is 2.27. The Morgan fingerprint density at radius 2 is 2.40 bits per heavy atom. The molecule has 0 spiro atoms. The highest BCUT2D eigenvalue weighted by atomic mass is 35.5. The fourth-order valence-electron chi connectivity index (χ4n) is 0.801. The van der Waals surface area contributed by atoms with Gasteiger partial charge >= 0.3 is 0 Å². The van der Waals surface area contributed by atoms with E-state index in [0.29, 0.717) is 11.9 Å². The average molecular weight is 160 g/mol. The molecular formula is C6H10ClN3. The van der Waals surface area contributed by atoms with E-state index < -0.39 is 0 Å². The summed E-state index contributed by atoms with van der Waals surface area (Å²) in [4.78, 5) is 3.98. The standard InChI is InChI=1S/C6H10ClN3/c1-5(2)10-6(3-7)8-4-9-10/h4-5H,3H2,1-2H3. The van der Waals surface area contributed by atoms with Gasteiger partial charge in [0.1, 0.15) is 12.2 Å². The van der Waals surface area contributed by atoms with Crippen LogP contribution in [0.15, 0.2) is 6.33 Å². The Bertz CT molecular complexity index is 207. The van der Waals surface area contributed by atoms with Crippen molar-refractivity contribution in [1.29, 1.82) is 0 Å². The lowest BCUT2D eigenvalue weighted by Gasteiger charge is -2.05. The second-order valence-corrected chi connectivity index (χ2v) is 2.62. The van der Waals surface area contributed by atoms with Crippen LogP contribution in [0.25, 0.3) is 0 Å². The molecular weight excluding hydrogens is 150 g/mol. The van der Waals surface area contributed by atoms with Gasteiger partial charge in [0.2, 0.25) is 0 Å². The number of hydrogen-bond acceptors (Lipinski definition) is 2. The maximum absolute atomic E-state index is 5.59. The molecule has 0 amide bonds. The Balaban J connectivity index is 2.90. The summed E-state index contributed by atoms with van der Waals surface area (Å²) in [7, 11) is 0. The zero-order chi connectivity index (χ0) is 7.56. The van der Waals surface area contributed by atoms with Gasteiger partial charge in [-0.1, -0.05) is 0 Å². The molecule has 0 fully saturated rings. The molecule has 0 unspecified atom stereocenters. The van der Waals surface area contributed by atoms with Crippen LogP contribution in [0.4, 0.5) is 0 Å². The van der Waals surface area contributed by atoms with Gasteiger partial charge in [0.25, 0.3) is 0 Å². The minimum Gasteiger partial charge on any atom is -0.246 e. The first kappa shape index (κ1) is 7.54. The minimum absolute atomic E-state index is 0.344. The number of halogens is 1. The summed E-state index contributed by atoms with van der Waals surface area (Å²) >= 11 is 5.59. The van der Waals surface area contributed by atoms with Crippen molar-refractivity contribution < 1.29 is 0 Å². The van der Waals surface area contributed by atoms with Gasteiger partial charge in [-0.25, -0.2) is 9.67 Å². The van der Waals surface area contributed by atoms with Crippen LogP contribution in [0.3, 0.4) is 0 Å². The Hall–Kier alpha value is -0.570. The molecule has 0 saturated heterocycles. The van der Waals surface area contributed by atoms with Gasteiger partial charge in [0, 0.05) is 6.04 Å². The summed E-state index contributed by atoms with van der Waals surface area (Å²) in [5.74, 6) is 1.26. The molecule has 1 heterocycles. The highest BCUT2D eigenvalue weighted by Crippen LogP contribution is 2.06. The third-order valence-electron chi connectivity index (χ3n) is 1.26. The SMILES string of the molecule is CC(C)n1ncnc1CCl. The van der Waals surface area contributed by atoms with E-state index in [4.69, 9.17) is 11.6 Å². The van der Waals surface area contributed by atoms with Crippen molar-refractivity contribution in [3.63, 3.8) is 0 Å². The van der Waals surface area contributed by atoms with Gasteiger partial charge in [0.15, 0.2) is 0 Å². The molecule has 1 aromatic heterocycles. The lowest BCUT2D eigenvalue weighted by atomic mass is 10.4. The lowest BCUT2D eigenvalue weighted by molar-refractivity contribution is 0.514. The van der Waals surface area contributed by atoms with Gasteiger partial charge < -0.3 is 0 Å². The zero-order valence-corrected chi connectivity index (χ0v) is 6.84. The summed E-state index contributed by atoms with van der Waals surface area (Å²) in [6.07, 6.45) is 1.53. The first-order valence-electron chi connectivity index (χ1n) is 3.20. The van der Waals surface area contributed by atoms with Gasteiger partial charge in [-0.3, -0.25) is 0 Å². The summed E-state index contributed by atoms with van der Waals surface area (Å²) in [5, 5.41) is 4.01. The molecule has 0 radical (unpaired) electrons. The van der Waals surface area contributed by atoms with Gasteiger partial charge in [-0.05, 0) is 13.8 Å². The predicted octanol–water partition coefficient (Wildman–Crippen LogP) is 1.60. The van der Waals surface area contributed by atoms with E-state index in [-0.39, 0.29) is 0 Å². The normalized spacial score (nSPS) is 10.8. The molecule has 1 rings (SSSR count). The molecule has 1 aromatic rings. The van der Waals surface area contributed by atoms with E-state index in [1.807, 2.05) is 18.5 Å². The van der Waals surface area contributed by atoms with Crippen molar-refractivity contribution in [2.75, 3.05) is 0 Å². The van der Waals surface area contributed by atoms with Crippen molar-refractivity contribution in [3.05, 3.63) is 12.2 Å². The van der Waals surface area contributed by atoms with Crippen molar-refractivity contribution in [3.8, 4) is 0 Å². The zero-order valence-electron chi connectivity index (χ0n) is 6.08. The topological polar surface area (TPSA) is 30.7 Å². The number of nitrogens with zero attached hydrogens (tertiary/aromatic N) is 3. The third-order valence-corrected chi connectivity index (χ3v) is 1.49. The Labute approximate surface area is 65.0 Å². The number of hydrogen-bond donors (Lipinski definition) is 0. The van der Waals surface area contributed by atoms with Crippen LogP contribution >= 0.6 is 11.6 Å². The molecule has 0 aliphatic carbocycles. The van der Waals surface area contributed by atoms with E-state index in [2.05, 4.69) is 10.1 Å². The van der Waals surface area contributed by atoms with E-state index in [1.165, 1.54) is 6.33 Å². The van der Waals surface area contributed by atoms with Crippen LogP contribution in [0.1, 0.15) is 25.7 Å². The maximum Gasteiger partial charge on any atom is 0.142 e. The van der Waals surface area contributed by atoms with Crippen LogP contribution in [0.2, 0.25) is 0 Å². The second kappa shape index (κ2) is 3.01. The molecule has 0 aromatic carbocycles. The molecule has 0 saturated carbocycles. The molecule has 0 atom stereocenters. The molecule has 0 aliphatic heterocycles. The van der Waals surface area contributed by atoms with E-state index in [0.717, 1.165) is 5.82 Å². The third kappa shape index (κ3) is 1.29. The summed E-state index contributed by atoms with van der Waals surface area (Å²) in [6.45, 7) is 4.09. The van der Waals surface area contributed by atoms with Crippen molar-refractivity contribution in [2.24, 2.45) is 0 Å². The fourth-order valence-corrected chi connectivity index (χ4v) is 0.992. The predicted molar refractivity (Wildman–Crippen MR) is 40.0 cm³/mol. The lowest BCUT2D eigenvalue weighted by Crippen LogP contribution is -2.06. The Morgan fingerprint density at radius 1 is 1.70 bits per heavy atom. The van der Waals surface area contributed by atoms with E-state index >= 15 is 0 Å². The molecule has 4 heteroatoms. The number of aromatic nitrogens is 3. The highest BCUT2D eigenvalue weighted by molar-refractivity contribution is 6.16. The van der Waals surface area contributed by atoms with Crippen molar-refractivity contribution in [1.82, 2.24) is 14.8 Å². The van der Waals surface area contributed by atoms with E-state index in [1.54, 1.807) is 0 Å². The average Bonchev–Trinajstić information content (AvgIpc) is 2.33. The first-order valence-corrected chi connectivity index (χ1v) is 3.73. The quantitative estimate of drug-likeness (QED) is 0.614. The summed E-state index contributed by atoms with van der Waals surface area (Å²) < 4.78 is 1.81. The van der Waals surface area contributed by atoms with Crippen LogP contribution in [-0.2, 0) is 5.88 Å². The number of alkyl halides is 1. The molecule has 10 heavy (non-hydrogen) atoms. The summed E-state index contributed by atoms with van der Waals surface area (Å²) in [5.41, 5.74) is 0. The minimum atomic E-state index is 0.344. The van der Waals surface area contributed by atoms with Crippen molar-refractivity contribution >= 4 is 11.6 Å². The van der Waals surface area contributed by atoms with E-state index in [9.17, 15) is 0 Å². The fraction of sp³-hybridized carbons (Fsp3) is 0.667. The molecule has 0 bridgehead atoms. The van der Waals surface area contributed by atoms with Crippen LogP contribution in [0, 0.1) is 0 Å². The molecule has 0 N–H and O–H groups in total. The van der Waals surface area contributed by atoms with Crippen LogP contribution in [-0.4, -0.2) is 14.8 Å². The molecule has 0 aliphatic rings. The number of rotatable bonds is 2. The van der Waals surface area contributed by atoms with Crippen molar-refractivity contribution in [2.45, 2.75) is 25.8 Å². The van der Waals surface area contributed by atoms with Gasteiger partial charge in [-0.15, -0.1) is 11.6 Å². The van der Waals surface area contributed by atoms with Crippen LogP contribution in [0.5, 0.6) is 0 Å². The highest BCUT2D eigenvalue weighted by Gasteiger charge is 2.04. The largest absolute Gasteiger partial charge is 0.246 e. The first-order chi connectivity index (χ1) is 4.75. The Morgan fingerprint density at radius 3 is 2.80 bits per heavy atom. The molecule has 56 valence electrons. The molecule has 3 nitrogen and oxygen atoms in total. The van der Waals surface area contributed by atoms with Gasteiger partial charge in [0.05, 0.1) is 5.88 Å². The summed E-state index contributed by atoms with van der Waals surface area (Å²) in [6, 6.07) is 0.344.